The van der Waals surface area contributed by atoms with E-state index in [1.54, 1.807) is 41.6 Å². The standard InChI is InChI=1S/C20H15N5O/c26-20(23-18-10-4-5-12-22-18)17-14-25(16-8-2-1-3-9-16)24-19(17)15-7-6-11-21-13-15/h1-14H,(H,22,23,26). The largest absolute Gasteiger partial charge is 0.306 e. The fourth-order valence-corrected chi connectivity index (χ4v) is 2.59. The zero-order valence-corrected chi connectivity index (χ0v) is 13.8. The Hall–Kier alpha value is -3.80. The van der Waals surface area contributed by atoms with Crippen molar-refractivity contribution in [3.8, 4) is 16.9 Å². The molecular weight excluding hydrogens is 326 g/mol. The highest BCUT2D eigenvalue weighted by Gasteiger charge is 2.19. The van der Waals surface area contributed by atoms with Gasteiger partial charge in [-0.1, -0.05) is 24.3 Å². The topological polar surface area (TPSA) is 72.7 Å². The van der Waals surface area contributed by atoms with Crippen LogP contribution in [0.25, 0.3) is 16.9 Å². The molecule has 0 aliphatic rings. The van der Waals surface area contributed by atoms with Gasteiger partial charge in [0.2, 0.25) is 0 Å². The fourth-order valence-electron chi connectivity index (χ4n) is 2.59. The number of nitrogens with one attached hydrogen (secondary N) is 1. The fraction of sp³-hybridized carbons (Fsp3) is 0. The maximum Gasteiger partial charge on any atom is 0.260 e. The summed E-state index contributed by atoms with van der Waals surface area (Å²) < 4.78 is 1.69. The van der Waals surface area contributed by atoms with E-state index in [9.17, 15) is 4.79 Å². The molecule has 4 rings (SSSR count). The van der Waals surface area contributed by atoms with Gasteiger partial charge >= 0.3 is 0 Å². The Bertz CT molecular complexity index is 1010. The van der Waals surface area contributed by atoms with E-state index in [0.29, 0.717) is 17.1 Å². The van der Waals surface area contributed by atoms with E-state index < -0.39 is 0 Å². The molecule has 0 saturated heterocycles. The first kappa shape index (κ1) is 15.7. The minimum Gasteiger partial charge on any atom is -0.306 e. The minimum absolute atomic E-state index is 0.273. The van der Waals surface area contributed by atoms with E-state index in [-0.39, 0.29) is 5.91 Å². The van der Waals surface area contributed by atoms with Gasteiger partial charge in [0.05, 0.1) is 11.3 Å². The zero-order valence-electron chi connectivity index (χ0n) is 13.8. The van der Waals surface area contributed by atoms with Crippen LogP contribution in [0.5, 0.6) is 0 Å². The van der Waals surface area contributed by atoms with Crippen molar-refractivity contribution in [2.45, 2.75) is 0 Å². The van der Waals surface area contributed by atoms with Gasteiger partial charge in [0.25, 0.3) is 5.91 Å². The number of benzene rings is 1. The van der Waals surface area contributed by atoms with Crippen molar-refractivity contribution in [3.05, 3.63) is 91.0 Å². The Balaban J connectivity index is 1.77. The number of nitrogens with zero attached hydrogens (tertiary/aromatic N) is 4. The van der Waals surface area contributed by atoms with Gasteiger partial charge in [0, 0.05) is 30.4 Å². The molecule has 3 heterocycles. The molecule has 1 amide bonds. The van der Waals surface area contributed by atoms with Crippen molar-refractivity contribution in [1.29, 1.82) is 0 Å². The number of anilines is 1. The number of aromatic nitrogens is 4. The Kier molecular flexibility index (Phi) is 4.22. The average Bonchev–Trinajstić information content (AvgIpc) is 3.16. The predicted octanol–water partition coefficient (Wildman–Crippen LogP) is 3.58. The lowest BCUT2D eigenvalue weighted by Crippen LogP contribution is -2.13. The average molecular weight is 341 g/mol. The van der Waals surface area contributed by atoms with Crippen molar-refractivity contribution in [2.24, 2.45) is 0 Å². The highest BCUT2D eigenvalue weighted by Crippen LogP contribution is 2.23. The molecule has 0 fully saturated rings. The normalized spacial score (nSPS) is 10.5. The number of hydrogen-bond donors (Lipinski definition) is 1. The van der Waals surface area contributed by atoms with Gasteiger partial charge in [-0.25, -0.2) is 9.67 Å². The van der Waals surface area contributed by atoms with Crippen molar-refractivity contribution in [2.75, 3.05) is 5.32 Å². The molecule has 0 atom stereocenters. The monoisotopic (exact) mass is 341 g/mol. The Morgan fingerprint density at radius 1 is 0.923 bits per heavy atom. The molecule has 0 spiro atoms. The van der Waals surface area contributed by atoms with Gasteiger partial charge in [0.15, 0.2) is 0 Å². The van der Waals surface area contributed by atoms with Gasteiger partial charge in [-0.2, -0.15) is 5.10 Å². The van der Waals surface area contributed by atoms with Crippen molar-refractivity contribution in [3.63, 3.8) is 0 Å². The molecular formula is C20H15N5O. The van der Waals surface area contributed by atoms with Gasteiger partial charge < -0.3 is 5.32 Å². The SMILES string of the molecule is O=C(Nc1ccccn1)c1cn(-c2ccccc2)nc1-c1cccnc1. The van der Waals surface area contributed by atoms with Gasteiger partial charge in [-0.3, -0.25) is 9.78 Å². The molecule has 0 saturated carbocycles. The van der Waals surface area contributed by atoms with Crippen LogP contribution in [0, 0.1) is 0 Å². The number of pyridine rings is 2. The van der Waals surface area contributed by atoms with Crippen LogP contribution in [0.15, 0.2) is 85.5 Å². The third-order valence-electron chi connectivity index (χ3n) is 3.82. The summed E-state index contributed by atoms with van der Waals surface area (Å²) in [6.07, 6.45) is 6.72. The minimum atomic E-state index is -0.273. The number of amides is 1. The lowest BCUT2D eigenvalue weighted by Gasteiger charge is -2.04. The summed E-state index contributed by atoms with van der Waals surface area (Å²) in [5, 5.41) is 7.42. The van der Waals surface area contributed by atoms with E-state index in [2.05, 4.69) is 20.4 Å². The van der Waals surface area contributed by atoms with Crippen LogP contribution in [0.3, 0.4) is 0 Å². The number of rotatable bonds is 4. The van der Waals surface area contributed by atoms with Crippen LogP contribution >= 0.6 is 0 Å². The van der Waals surface area contributed by atoms with E-state index in [1.165, 1.54) is 0 Å². The van der Waals surface area contributed by atoms with Crippen molar-refractivity contribution in [1.82, 2.24) is 19.7 Å². The van der Waals surface area contributed by atoms with Crippen LogP contribution in [-0.4, -0.2) is 25.7 Å². The number of para-hydroxylation sites is 1. The quantitative estimate of drug-likeness (QED) is 0.616. The first-order chi connectivity index (χ1) is 12.8. The maximum atomic E-state index is 12.8. The van der Waals surface area contributed by atoms with Crippen LogP contribution < -0.4 is 5.32 Å². The molecule has 0 aliphatic carbocycles. The van der Waals surface area contributed by atoms with Gasteiger partial charge in [0.1, 0.15) is 11.5 Å². The Morgan fingerprint density at radius 3 is 2.50 bits per heavy atom. The molecule has 4 aromatic rings. The molecule has 0 radical (unpaired) electrons. The predicted molar refractivity (Wildman–Crippen MR) is 99.0 cm³/mol. The number of hydrogen-bond acceptors (Lipinski definition) is 4. The first-order valence-corrected chi connectivity index (χ1v) is 8.09. The summed E-state index contributed by atoms with van der Waals surface area (Å²) >= 11 is 0. The highest BCUT2D eigenvalue weighted by molar-refractivity contribution is 6.07. The Labute approximate surface area is 150 Å². The van der Waals surface area contributed by atoms with Crippen molar-refractivity contribution >= 4 is 11.7 Å². The molecule has 0 bridgehead atoms. The second-order valence-electron chi connectivity index (χ2n) is 5.58. The van der Waals surface area contributed by atoms with Crippen LogP contribution in [0.2, 0.25) is 0 Å². The molecule has 126 valence electrons. The van der Waals surface area contributed by atoms with Crippen LogP contribution in [0.1, 0.15) is 10.4 Å². The van der Waals surface area contributed by atoms with E-state index >= 15 is 0 Å². The van der Waals surface area contributed by atoms with Crippen molar-refractivity contribution < 1.29 is 4.79 Å². The third kappa shape index (κ3) is 3.21. The van der Waals surface area contributed by atoms with Crippen LogP contribution in [-0.2, 0) is 0 Å². The molecule has 6 heteroatoms. The summed E-state index contributed by atoms with van der Waals surface area (Å²) in [7, 11) is 0. The van der Waals surface area contributed by atoms with E-state index in [0.717, 1.165) is 11.3 Å². The van der Waals surface area contributed by atoms with Crippen LogP contribution in [0.4, 0.5) is 5.82 Å². The van der Waals surface area contributed by atoms with E-state index in [4.69, 9.17) is 0 Å². The first-order valence-electron chi connectivity index (χ1n) is 8.09. The smallest absolute Gasteiger partial charge is 0.260 e. The van der Waals surface area contributed by atoms with E-state index in [1.807, 2.05) is 48.5 Å². The molecule has 1 aromatic carbocycles. The molecule has 6 nitrogen and oxygen atoms in total. The lowest BCUT2D eigenvalue weighted by atomic mass is 10.1. The number of carbonyl (C=O) groups is 1. The molecule has 1 N–H and O–H groups in total. The molecule has 0 aliphatic heterocycles. The summed E-state index contributed by atoms with van der Waals surface area (Å²) in [6, 6.07) is 18.7. The summed E-state index contributed by atoms with van der Waals surface area (Å²) in [4.78, 5) is 21.1. The zero-order chi connectivity index (χ0) is 17.8. The maximum absolute atomic E-state index is 12.8. The summed E-state index contributed by atoms with van der Waals surface area (Å²) in [5.74, 6) is 0.215. The third-order valence-corrected chi connectivity index (χ3v) is 3.82. The summed E-state index contributed by atoms with van der Waals surface area (Å²) in [6.45, 7) is 0. The van der Waals surface area contributed by atoms with Gasteiger partial charge in [-0.05, 0) is 36.4 Å². The molecule has 0 unspecified atom stereocenters. The highest BCUT2D eigenvalue weighted by atomic mass is 16.1. The summed E-state index contributed by atoms with van der Waals surface area (Å²) in [5.41, 5.74) is 2.66. The number of carbonyl (C=O) groups excluding carboxylic acids is 1. The molecule has 26 heavy (non-hydrogen) atoms. The Morgan fingerprint density at radius 2 is 1.77 bits per heavy atom. The van der Waals surface area contributed by atoms with Gasteiger partial charge in [-0.15, -0.1) is 0 Å². The molecule has 3 aromatic heterocycles. The lowest BCUT2D eigenvalue weighted by molar-refractivity contribution is 0.102. The second-order valence-corrected chi connectivity index (χ2v) is 5.58. The second kappa shape index (κ2) is 6.98.